The molecule has 7 heteroatoms. The van der Waals surface area contributed by atoms with Gasteiger partial charge in [-0.2, -0.15) is 0 Å². The van der Waals surface area contributed by atoms with E-state index in [9.17, 15) is 14.4 Å². The number of carbonyl (C=O) groups excluding carboxylic acids is 2. The van der Waals surface area contributed by atoms with Gasteiger partial charge in [0.1, 0.15) is 5.75 Å². The summed E-state index contributed by atoms with van der Waals surface area (Å²) < 4.78 is 5.33. The van der Waals surface area contributed by atoms with Crippen LogP contribution in [0.5, 0.6) is 5.75 Å². The van der Waals surface area contributed by atoms with E-state index in [-0.39, 0.29) is 18.1 Å². The second-order valence-corrected chi connectivity index (χ2v) is 4.64. The van der Waals surface area contributed by atoms with Gasteiger partial charge in [0.25, 0.3) is 5.91 Å². The van der Waals surface area contributed by atoms with Crippen LogP contribution in [0.15, 0.2) is 24.3 Å². The fourth-order valence-corrected chi connectivity index (χ4v) is 2.03. The lowest BCUT2D eigenvalue weighted by Crippen LogP contribution is -2.49. The van der Waals surface area contributed by atoms with E-state index in [1.54, 1.807) is 21.9 Å². The third kappa shape index (κ3) is 3.95. The Balaban J connectivity index is 1.85. The Bertz CT molecular complexity index is 538. The Hall–Kier alpha value is -2.57. The molecule has 0 saturated carbocycles. The molecule has 21 heavy (non-hydrogen) atoms. The van der Waals surface area contributed by atoms with Gasteiger partial charge in [-0.15, -0.1) is 0 Å². The van der Waals surface area contributed by atoms with Gasteiger partial charge in [0.2, 0.25) is 6.41 Å². The Kier molecular flexibility index (Phi) is 4.76. The number of piperazine rings is 1. The first kappa shape index (κ1) is 14.8. The summed E-state index contributed by atoms with van der Waals surface area (Å²) in [7, 11) is 0. The number of hydrogen-bond acceptors (Lipinski definition) is 4. The van der Waals surface area contributed by atoms with Crippen molar-refractivity contribution in [2.24, 2.45) is 0 Å². The van der Waals surface area contributed by atoms with Crippen LogP contribution in [0, 0.1) is 0 Å². The van der Waals surface area contributed by atoms with E-state index >= 15 is 0 Å². The Morgan fingerprint density at radius 1 is 1.24 bits per heavy atom. The molecule has 1 heterocycles. The van der Waals surface area contributed by atoms with Crippen LogP contribution in [0.3, 0.4) is 0 Å². The Morgan fingerprint density at radius 3 is 2.57 bits per heavy atom. The first-order valence-corrected chi connectivity index (χ1v) is 6.53. The monoisotopic (exact) mass is 292 g/mol. The van der Waals surface area contributed by atoms with Crippen molar-refractivity contribution in [1.29, 1.82) is 0 Å². The van der Waals surface area contributed by atoms with Gasteiger partial charge in [0.15, 0.2) is 6.61 Å². The first-order valence-electron chi connectivity index (χ1n) is 6.53. The number of benzene rings is 1. The molecule has 1 aromatic rings. The molecule has 0 aliphatic carbocycles. The van der Waals surface area contributed by atoms with Crippen LogP contribution in [0.25, 0.3) is 0 Å². The maximum Gasteiger partial charge on any atom is 0.335 e. The average Bonchev–Trinajstić information content (AvgIpc) is 2.53. The van der Waals surface area contributed by atoms with E-state index in [1.807, 2.05) is 0 Å². The summed E-state index contributed by atoms with van der Waals surface area (Å²) in [4.78, 5) is 36.6. The van der Waals surface area contributed by atoms with E-state index in [0.29, 0.717) is 31.9 Å². The van der Waals surface area contributed by atoms with Crippen LogP contribution in [0.4, 0.5) is 0 Å². The third-order valence-corrected chi connectivity index (χ3v) is 3.26. The van der Waals surface area contributed by atoms with Crippen molar-refractivity contribution >= 4 is 18.3 Å². The molecule has 0 atom stereocenters. The molecular weight excluding hydrogens is 276 g/mol. The zero-order valence-corrected chi connectivity index (χ0v) is 11.4. The first-order chi connectivity index (χ1) is 10.1. The van der Waals surface area contributed by atoms with Gasteiger partial charge in [0.05, 0.1) is 5.56 Å². The van der Waals surface area contributed by atoms with Gasteiger partial charge in [0, 0.05) is 26.2 Å². The van der Waals surface area contributed by atoms with Crippen LogP contribution >= 0.6 is 0 Å². The highest BCUT2D eigenvalue weighted by molar-refractivity contribution is 5.88. The molecule has 1 aromatic carbocycles. The lowest BCUT2D eigenvalue weighted by atomic mass is 10.2. The molecule has 0 unspecified atom stereocenters. The maximum absolute atomic E-state index is 12.0. The van der Waals surface area contributed by atoms with Crippen LogP contribution in [-0.2, 0) is 9.59 Å². The topological polar surface area (TPSA) is 87.2 Å². The van der Waals surface area contributed by atoms with Gasteiger partial charge in [-0.05, 0) is 18.2 Å². The molecule has 0 radical (unpaired) electrons. The number of rotatable bonds is 5. The molecule has 1 N–H and O–H groups in total. The zero-order chi connectivity index (χ0) is 15.2. The quantitative estimate of drug-likeness (QED) is 0.776. The highest BCUT2D eigenvalue weighted by atomic mass is 16.5. The van der Waals surface area contributed by atoms with Crippen molar-refractivity contribution in [1.82, 2.24) is 9.80 Å². The van der Waals surface area contributed by atoms with Gasteiger partial charge in [-0.1, -0.05) is 6.07 Å². The van der Waals surface area contributed by atoms with Crippen molar-refractivity contribution in [3.05, 3.63) is 29.8 Å². The number of nitrogens with zero attached hydrogens (tertiary/aromatic N) is 2. The minimum atomic E-state index is -1.04. The van der Waals surface area contributed by atoms with Crippen molar-refractivity contribution in [3.63, 3.8) is 0 Å². The molecule has 1 saturated heterocycles. The number of amides is 2. The lowest BCUT2D eigenvalue weighted by molar-refractivity contribution is -0.137. The molecule has 0 aromatic heterocycles. The number of ether oxygens (including phenoxy) is 1. The fraction of sp³-hybridized carbons (Fsp3) is 0.357. The SMILES string of the molecule is O=CN1CCN(C(=O)COc2cccc(C(=O)O)c2)CC1. The Labute approximate surface area is 121 Å². The largest absolute Gasteiger partial charge is 0.484 e. The molecule has 2 rings (SSSR count). The third-order valence-electron chi connectivity index (χ3n) is 3.26. The van der Waals surface area contributed by atoms with E-state index in [4.69, 9.17) is 9.84 Å². The number of carbonyl (C=O) groups is 3. The number of hydrogen-bond donors (Lipinski definition) is 1. The van der Waals surface area contributed by atoms with Gasteiger partial charge < -0.3 is 19.6 Å². The van der Waals surface area contributed by atoms with Crippen molar-refractivity contribution in [2.45, 2.75) is 0 Å². The number of aromatic carboxylic acids is 1. The minimum Gasteiger partial charge on any atom is -0.484 e. The Morgan fingerprint density at radius 2 is 1.95 bits per heavy atom. The van der Waals surface area contributed by atoms with Crippen LogP contribution in [0.2, 0.25) is 0 Å². The van der Waals surface area contributed by atoms with Gasteiger partial charge in [-0.25, -0.2) is 4.79 Å². The van der Waals surface area contributed by atoms with E-state index in [0.717, 1.165) is 6.41 Å². The predicted octanol–water partition coefficient (Wildman–Crippen LogP) is 0.0642. The number of carboxylic acid groups (broad SMARTS) is 1. The second-order valence-electron chi connectivity index (χ2n) is 4.64. The summed E-state index contributed by atoms with van der Waals surface area (Å²) in [5.74, 6) is -0.882. The molecule has 1 aliphatic heterocycles. The normalized spacial score (nSPS) is 14.7. The molecule has 1 aliphatic rings. The standard InChI is InChI=1S/C14H16N2O5/c17-10-15-4-6-16(7-5-15)13(18)9-21-12-3-1-2-11(8-12)14(19)20/h1-3,8,10H,4-7,9H2,(H,19,20). The summed E-state index contributed by atoms with van der Waals surface area (Å²) in [5, 5.41) is 8.87. The van der Waals surface area contributed by atoms with Crippen molar-refractivity contribution < 1.29 is 24.2 Å². The van der Waals surface area contributed by atoms with E-state index in [2.05, 4.69) is 0 Å². The lowest BCUT2D eigenvalue weighted by Gasteiger charge is -2.32. The van der Waals surface area contributed by atoms with Crippen LogP contribution in [-0.4, -0.2) is 66.0 Å². The summed E-state index contributed by atoms with van der Waals surface area (Å²) >= 11 is 0. The molecule has 0 bridgehead atoms. The van der Waals surface area contributed by atoms with E-state index in [1.165, 1.54) is 12.1 Å². The number of carboxylic acids is 1. The predicted molar refractivity (Wildman–Crippen MR) is 73.1 cm³/mol. The van der Waals surface area contributed by atoms with Crippen molar-refractivity contribution in [3.8, 4) is 5.75 Å². The summed E-state index contributed by atoms with van der Waals surface area (Å²) in [6, 6.07) is 5.99. The zero-order valence-electron chi connectivity index (χ0n) is 11.4. The van der Waals surface area contributed by atoms with E-state index < -0.39 is 5.97 Å². The molecule has 112 valence electrons. The van der Waals surface area contributed by atoms with Crippen LogP contribution < -0.4 is 4.74 Å². The van der Waals surface area contributed by atoms with Gasteiger partial charge >= 0.3 is 5.97 Å². The van der Waals surface area contributed by atoms with Crippen molar-refractivity contribution in [2.75, 3.05) is 32.8 Å². The fourth-order valence-electron chi connectivity index (χ4n) is 2.03. The molecular formula is C14H16N2O5. The molecule has 7 nitrogen and oxygen atoms in total. The second kappa shape index (κ2) is 6.74. The van der Waals surface area contributed by atoms with Gasteiger partial charge in [-0.3, -0.25) is 9.59 Å². The molecule has 1 fully saturated rings. The molecule has 2 amide bonds. The van der Waals surface area contributed by atoms with Crippen LogP contribution in [0.1, 0.15) is 10.4 Å². The summed E-state index contributed by atoms with van der Waals surface area (Å²) in [6.45, 7) is 1.85. The summed E-state index contributed by atoms with van der Waals surface area (Å²) in [5.41, 5.74) is 0.111. The highest BCUT2D eigenvalue weighted by Gasteiger charge is 2.20. The minimum absolute atomic E-state index is 0.111. The smallest absolute Gasteiger partial charge is 0.335 e. The molecule has 0 spiro atoms. The average molecular weight is 292 g/mol. The maximum atomic E-state index is 12.0. The highest BCUT2D eigenvalue weighted by Crippen LogP contribution is 2.13. The summed E-state index contributed by atoms with van der Waals surface area (Å²) in [6.07, 6.45) is 0.774.